The van der Waals surface area contributed by atoms with Gasteiger partial charge in [-0.25, -0.2) is 4.79 Å². The summed E-state index contributed by atoms with van der Waals surface area (Å²) in [5.74, 6) is -0.937. The van der Waals surface area contributed by atoms with Crippen LogP contribution in [0.5, 0.6) is 0 Å². The van der Waals surface area contributed by atoms with Crippen LogP contribution in [-0.4, -0.2) is 83.5 Å². The highest BCUT2D eigenvalue weighted by molar-refractivity contribution is 6.42. The lowest BCUT2D eigenvalue weighted by molar-refractivity contribution is -0.186. The molecule has 1 aromatic carbocycles. The summed E-state index contributed by atoms with van der Waals surface area (Å²) in [6.45, 7) is 3.95. The second-order valence-electron chi connectivity index (χ2n) is 11.9. The number of likely N-dealkylation sites (tertiary alicyclic amines) is 1. The molecule has 2 amide bonds. The highest BCUT2D eigenvalue weighted by Crippen LogP contribution is 2.39. The van der Waals surface area contributed by atoms with Gasteiger partial charge in [0.25, 0.3) is 0 Å². The number of anilines is 1. The number of hydrogen-bond acceptors (Lipinski definition) is 6. The molecule has 43 heavy (non-hydrogen) atoms. The van der Waals surface area contributed by atoms with Crippen molar-refractivity contribution in [1.29, 1.82) is 0 Å². The van der Waals surface area contributed by atoms with Gasteiger partial charge in [0, 0.05) is 45.1 Å². The Morgan fingerprint density at radius 1 is 0.953 bits per heavy atom. The summed E-state index contributed by atoms with van der Waals surface area (Å²) < 4.78 is 45.0. The van der Waals surface area contributed by atoms with Gasteiger partial charge in [0.1, 0.15) is 6.10 Å². The van der Waals surface area contributed by atoms with E-state index in [4.69, 9.17) is 27.9 Å². The van der Waals surface area contributed by atoms with Gasteiger partial charge in [-0.1, -0.05) is 29.3 Å². The molecule has 2 atom stereocenters. The molecular formula is C30H36Cl2F3N5O3. The van der Waals surface area contributed by atoms with Crippen LogP contribution in [0.2, 0.25) is 10.0 Å². The van der Waals surface area contributed by atoms with Crippen LogP contribution in [0.15, 0.2) is 30.3 Å². The van der Waals surface area contributed by atoms with Gasteiger partial charge in [-0.3, -0.25) is 4.79 Å². The molecule has 3 heterocycles. The van der Waals surface area contributed by atoms with E-state index in [9.17, 15) is 22.8 Å². The molecule has 0 unspecified atom stereocenters. The monoisotopic (exact) mass is 641 g/mol. The molecule has 0 radical (unpaired) electrons. The maximum atomic E-state index is 13.8. The average Bonchev–Trinajstić information content (AvgIpc) is 3.43. The summed E-state index contributed by atoms with van der Waals surface area (Å²) in [5, 5.41) is 9.18. The summed E-state index contributed by atoms with van der Waals surface area (Å²) in [6.07, 6.45) is -3.84. The normalized spacial score (nSPS) is 25.1. The van der Waals surface area contributed by atoms with E-state index in [1.807, 2.05) is 30.0 Å². The number of benzene rings is 1. The van der Waals surface area contributed by atoms with Gasteiger partial charge < -0.3 is 19.4 Å². The van der Waals surface area contributed by atoms with Gasteiger partial charge in [0.2, 0.25) is 5.91 Å². The number of carbonyl (C=O) groups is 2. The highest BCUT2D eigenvalue weighted by atomic mass is 35.5. The molecule has 2 aliphatic heterocycles. The minimum Gasteiger partial charge on any atom is -0.446 e. The van der Waals surface area contributed by atoms with Crippen LogP contribution in [0.3, 0.4) is 0 Å². The van der Waals surface area contributed by atoms with Crippen molar-refractivity contribution in [1.82, 2.24) is 20.0 Å². The Kier molecular flexibility index (Phi) is 9.61. The van der Waals surface area contributed by atoms with Crippen LogP contribution >= 0.6 is 23.2 Å². The Labute approximate surface area is 259 Å². The molecule has 13 heteroatoms. The fraction of sp³-hybridized carbons (Fsp3) is 0.600. The van der Waals surface area contributed by atoms with E-state index < -0.39 is 30.3 Å². The smallest absolute Gasteiger partial charge is 0.410 e. The van der Waals surface area contributed by atoms with E-state index in [-0.39, 0.29) is 43.4 Å². The molecule has 1 saturated carbocycles. The molecule has 0 N–H and O–H groups in total. The second-order valence-corrected chi connectivity index (χ2v) is 12.7. The van der Waals surface area contributed by atoms with Gasteiger partial charge >= 0.3 is 12.3 Å². The molecule has 2 saturated heterocycles. The van der Waals surface area contributed by atoms with Crippen molar-refractivity contribution >= 4 is 41.0 Å². The van der Waals surface area contributed by atoms with Crippen molar-refractivity contribution in [3.05, 3.63) is 51.6 Å². The standard InChI is InChI=1S/C30H36Cl2F3N5O3/c1-18-3-10-27(37-36-18)39-13-11-19(12-14-39)28(41)40-16-23(20-4-9-24(31)25(32)15-20)26(17-40)38(2)29(42)43-22-7-5-21(6-8-22)30(33,34)35/h3-4,9-10,15,19,21-23,26H,5-8,11-14,16-17H2,1-2H3/t21?,22?,23-,26+/m0/s1. The number of nitrogens with zero attached hydrogens (tertiary/aromatic N) is 5. The predicted octanol–water partition coefficient (Wildman–Crippen LogP) is 6.49. The Hall–Kier alpha value is -2.79. The number of rotatable bonds is 5. The van der Waals surface area contributed by atoms with E-state index >= 15 is 0 Å². The van der Waals surface area contributed by atoms with Gasteiger partial charge in [0.05, 0.1) is 27.7 Å². The van der Waals surface area contributed by atoms with Crippen LogP contribution in [0.4, 0.5) is 23.8 Å². The van der Waals surface area contributed by atoms with Crippen LogP contribution in [0.25, 0.3) is 0 Å². The molecule has 5 rings (SSSR count). The van der Waals surface area contributed by atoms with Crippen molar-refractivity contribution in [3.8, 4) is 0 Å². The highest BCUT2D eigenvalue weighted by Gasteiger charge is 2.44. The van der Waals surface area contributed by atoms with Crippen LogP contribution in [-0.2, 0) is 9.53 Å². The summed E-state index contributed by atoms with van der Waals surface area (Å²) >= 11 is 12.5. The van der Waals surface area contributed by atoms with Gasteiger partial charge in [-0.2, -0.15) is 18.3 Å². The molecule has 3 fully saturated rings. The number of amides is 2. The van der Waals surface area contributed by atoms with Crippen LogP contribution in [0, 0.1) is 18.8 Å². The third-order valence-corrected chi connectivity index (χ3v) is 9.85. The Morgan fingerprint density at radius 3 is 2.26 bits per heavy atom. The summed E-state index contributed by atoms with van der Waals surface area (Å²) in [6, 6.07) is 8.74. The molecular weight excluding hydrogens is 606 g/mol. The van der Waals surface area contributed by atoms with Gasteiger partial charge in [-0.15, -0.1) is 5.10 Å². The van der Waals surface area contributed by atoms with Crippen molar-refractivity contribution in [2.45, 2.75) is 69.7 Å². The first kappa shape index (κ1) is 31.6. The van der Waals surface area contributed by atoms with Crippen molar-refractivity contribution in [2.75, 3.05) is 38.1 Å². The zero-order valence-electron chi connectivity index (χ0n) is 24.2. The lowest BCUT2D eigenvalue weighted by Gasteiger charge is -2.34. The Bertz CT molecular complexity index is 1300. The minimum atomic E-state index is -4.23. The second kappa shape index (κ2) is 13.1. The van der Waals surface area contributed by atoms with E-state index in [0.717, 1.165) is 17.1 Å². The van der Waals surface area contributed by atoms with Crippen molar-refractivity contribution in [3.63, 3.8) is 0 Å². The number of aromatic nitrogens is 2. The molecule has 2 aromatic rings. The fourth-order valence-electron chi connectivity index (χ4n) is 6.47. The van der Waals surface area contributed by atoms with E-state index in [1.165, 1.54) is 4.90 Å². The number of carbonyl (C=O) groups excluding carboxylic acids is 2. The molecule has 1 aliphatic carbocycles. The van der Waals surface area contributed by atoms with Gasteiger partial charge in [-0.05, 0) is 75.3 Å². The van der Waals surface area contributed by atoms with Crippen LogP contribution < -0.4 is 4.90 Å². The first-order chi connectivity index (χ1) is 20.4. The van der Waals surface area contributed by atoms with Crippen molar-refractivity contribution in [2.24, 2.45) is 11.8 Å². The Balaban J connectivity index is 1.25. The minimum absolute atomic E-state index is 0.0365. The number of aryl methyl sites for hydroxylation is 1. The summed E-state index contributed by atoms with van der Waals surface area (Å²) in [7, 11) is 1.62. The zero-order chi connectivity index (χ0) is 30.9. The van der Waals surface area contributed by atoms with Crippen LogP contribution in [0.1, 0.15) is 55.7 Å². The molecule has 0 bridgehead atoms. The molecule has 0 spiro atoms. The summed E-state index contributed by atoms with van der Waals surface area (Å²) in [4.78, 5) is 32.4. The SMILES string of the molecule is Cc1ccc(N2CCC(C(=O)N3C[C@@H](N(C)C(=O)OC4CCC(C(F)(F)F)CC4)[C@H](c4ccc(Cl)c(Cl)c4)C3)CC2)nn1. The maximum Gasteiger partial charge on any atom is 0.410 e. The number of alkyl halides is 3. The molecule has 8 nitrogen and oxygen atoms in total. The largest absolute Gasteiger partial charge is 0.446 e. The molecule has 234 valence electrons. The zero-order valence-corrected chi connectivity index (χ0v) is 25.7. The predicted molar refractivity (Wildman–Crippen MR) is 157 cm³/mol. The van der Waals surface area contributed by atoms with E-state index in [0.29, 0.717) is 49.1 Å². The number of hydrogen-bond donors (Lipinski definition) is 0. The lowest BCUT2D eigenvalue weighted by Crippen LogP contribution is -2.45. The van der Waals surface area contributed by atoms with Gasteiger partial charge in [0.15, 0.2) is 5.82 Å². The number of likely N-dealkylation sites (N-methyl/N-ethyl adjacent to an activating group) is 1. The third kappa shape index (κ3) is 7.30. The number of ether oxygens (including phenoxy) is 1. The fourth-order valence-corrected chi connectivity index (χ4v) is 6.78. The van der Waals surface area contributed by atoms with E-state index in [2.05, 4.69) is 15.1 Å². The first-order valence-electron chi connectivity index (χ1n) is 14.7. The topological polar surface area (TPSA) is 78.9 Å². The quantitative estimate of drug-likeness (QED) is 0.371. The molecule has 1 aromatic heterocycles. The van der Waals surface area contributed by atoms with Crippen molar-refractivity contribution < 1.29 is 27.5 Å². The Morgan fingerprint density at radius 2 is 1.65 bits per heavy atom. The maximum absolute atomic E-state index is 13.8. The first-order valence-corrected chi connectivity index (χ1v) is 15.5. The lowest BCUT2D eigenvalue weighted by atomic mass is 9.87. The average molecular weight is 643 g/mol. The van der Waals surface area contributed by atoms with E-state index in [1.54, 1.807) is 19.2 Å². The molecule has 3 aliphatic rings. The number of piperidine rings is 1. The summed E-state index contributed by atoms with van der Waals surface area (Å²) in [5.41, 5.74) is 1.68. The third-order valence-electron chi connectivity index (χ3n) is 9.11. The number of halogens is 5.